The first kappa shape index (κ1) is 30.6. The van der Waals surface area contributed by atoms with Gasteiger partial charge in [0.15, 0.2) is 23.4 Å². The van der Waals surface area contributed by atoms with Crippen molar-refractivity contribution in [2.24, 2.45) is 0 Å². The van der Waals surface area contributed by atoms with E-state index >= 15 is 0 Å². The van der Waals surface area contributed by atoms with E-state index in [-0.39, 0.29) is 0 Å². The molecule has 0 bridgehead atoms. The summed E-state index contributed by atoms with van der Waals surface area (Å²) in [4.78, 5) is 93.5. The van der Waals surface area contributed by atoms with Gasteiger partial charge in [0.2, 0.25) is 0 Å². The quantitative estimate of drug-likeness (QED) is 0.151. The minimum Gasteiger partial charge on any atom is -0.390 e. The van der Waals surface area contributed by atoms with Crippen molar-refractivity contribution >= 4 is 35.8 Å². The average molecular weight is 500 g/mol. The van der Waals surface area contributed by atoms with Crippen molar-refractivity contribution in [1.29, 1.82) is 0 Å². The van der Waals surface area contributed by atoms with Gasteiger partial charge in [0.25, 0.3) is 0 Å². The van der Waals surface area contributed by atoms with E-state index in [1.54, 1.807) is 0 Å². The summed E-state index contributed by atoms with van der Waals surface area (Å²) in [5, 5.41) is 47.3. The van der Waals surface area contributed by atoms with Crippen molar-refractivity contribution in [3.8, 4) is 0 Å². The third-order valence-corrected chi connectivity index (χ3v) is 3.79. The standard InChI is InChI=1S/C17H24O17/c1-7(18)12(23)31-29-10(21)5-17(28,15(26)34-32-13(24)8(2)19)6-11(22)30-33-14(25)16(4,27)9(3)20/h7-9,18-20,27-28H,5-6H2,1-4H3. The van der Waals surface area contributed by atoms with Crippen LogP contribution in [0.4, 0.5) is 0 Å². The van der Waals surface area contributed by atoms with Crippen LogP contribution < -0.4 is 0 Å². The second-order valence-electron chi connectivity index (χ2n) is 7.02. The zero-order valence-electron chi connectivity index (χ0n) is 18.3. The first-order valence-electron chi connectivity index (χ1n) is 9.18. The van der Waals surface area contributed by atoms with E-state index in [2.05, 4.69) is 29.3 Å². The Morgan fingerprint density at radius 1 is 0.647 bits per heavy atom. The monoisotopic (exact) mass is 500 g/mol. The second kappa shape index (κ2) is 12.8. The fourth-order valence-corrected chi connectivity index (χ4v) is 1.47. The largest absolute Gasteiger partial charge is 0.390 e. The molecular weight excluding hydrogens is 476 g/mol. The van der Waals surface area contributed by atoms with Crippen LogP contribution in [0, 0.1) is 0 Å². The van der Waals surface area contributed by atoms with Gasteiger partial charge in [0.05, 0.1) is 18.9 Å². The Hall–Kier alpha value is -3.38. The zero-order valence-corrected chi connectivity index (χ0v) is 18.3. The molecule has 0 aromatic rings. The van der Waals surface area contributed by atoms with E-state index in [9.17, 15) is 44.1 Å². The summed E-state index contributed by atoms with van der Waals surface area (Å²) < 4.78 is 0. The maximum atomic E-state index is 12.1. The summed E-state index contributed by atoms with van der Waals surface area (Å²) in [6.07, 6.45) is -8.23. The molecule has 0 fully saturated rings. The van der Waals surface area contributed by atoms with Crippen molar-refractivity contribution in [3.63, 3.8) is 0 Å². The summed E-state index contributed by atoms with van der Waals surface area (Å²) in [5.74, 6) is -10.0. The van der Waals surface area contributed by atoms with E-state index in [1.165, 1.54) is 0 Å². The highest BCUT2D eigenvalue weighted by Crippen LogP contribution is 2.21. The number of carbonyl (C=O) groups excluding carboxylic acids is 6. The lowest BCUT2D eigenvalue weighted by Crippen LogP contribution is -2.47. The first-order chi connectivity index (χ1) is 15.4. The van der Waals surface area contributed by atoms with Crippen molar-refractivity contribution < 1.29 is 83.6 Å². The average Bonchev–Trinajstić information content (AvgIpc) is 2.72. The van der Waals surface area contributed by atoms with Crippen molar-refractivity contribution in [1.82, 2.24) is 0 Å². The van der Waals surface area contributed by atoms with Crippen LogP contribution in [0.2, 0.25) is 0 Å². The highest BCUT2D eigenvalue weighted by molar-refractivity contribution is 5.90. The molecule has 0 aromatic heterocycles. The number of hydrogen-bond donors (Lipinski definition) is 5. The molecule has 0 saturated heterocycles. The molecule has 0 heterocycles. The predicted octanol–water partition coefficient (Wildman–Crippen LogP) is -3.60. The minimum atomic E-state index is -3.26. The van der Waals surface area contributed by atoms with Crippen LogP contribution in [-0.2, 0) is 58.1 Å². The molecule has 0 radical (unpaired) electrons. The van der Waals surface area contributed by atoms with Crippen LogP contribution in [-0.4, -0.2) is 90.9 Å². The van der Waals surface area contributed by atoms with Crippen molar-refractivity contribution in [2.45, 2.75) is 70.1 Å². The normalized spacial score (nSPS) is 16.9. The SMILES string of the molecule is CC(O)C(=O)OOC(=O)CC(O)(CC(=O)OOC(=O)C(C)(O)C(C)O)C(=O)OOC(=O)C(C)O. The molecule has 5 atom stereocenters. The van der Waals surface area contributed by atoms with E-state index < -0.39 is 78.2 Å². The number of aliphatic hydroxyl groups is 5. The predicted molar refractivity (Wildman–Crippen MR) is 96.4 cm³/mol. The first-order valence-corrected chi connectivity index (χ1v) is 9.18. The van der Waals surface area contributed by atoms with E-state index in [0.29, 0.717) is 0 Å². The van der Waals surface area contributed by atoms with Crippen LogP contribution in [0.3, 0.4) is 0 Å². The minimum absolute atomic E-state index is 0.808. The lowest BCUT2D eigenvalue weighted by Gasteiger charge is -2.24. The smallest absolute Gasteiger partial charge is 0.389 e. The molecule has 0 amide bonds. The number of carbonyl (C=O) groups is 6. The van der Waals surface area contributed by atoms with Crippen LogP contribution in [0.1, 0.15) is 40.5 Å². The Morgan fingerprint density at radius 3 is 1.38 bits per heavy atom. The Kier molecular flexibility index (Phi) is 11.5. The molecular formula is C17H24O17. The maximum absolute atomic E-state index is 12.1. The topological polar surface area (TPSA) is 259 Å². The van der Waals surface area contributed by atoms with Crippen LogP contribution in [0.25, 0.3) is 0 Å². The van der Waals surface area contributed by atoms with Crippen molar-refractivity contribution in [3.05, 3.63) is 0 Å². The van der Waals surface area contributed by atoms with Gasteiger partial charge >= 0.3 is 35.8 Å². The number of rotatable bonds is 9. The summed E-state index contributed by atoms with van der Waals surface area (Å²) >= 11 is 0. The third kappa shape index (κ3) is 9.63. The van der Waals surface area contributed by atoms with Crippen molar-refractivity contribution in [2.75, 3.05) is 0 Å². The molecule has 34 heavy (non-hydrogen) atoms. The molecule has 0 aliphatic heterocycles. The fraction of sp³-hybridized carbons (Fsp3) is 0.647. The molecule has 194 valence electrons. The molecule has 17 heteroatoms. The number of hydrogen-bond acceptors (Lipinski definition) is 17. The molecule has 0 rings (SSSR count). The summed E-state index contributed by atoms with van der Waals surface area (Å²) in [6.45, 7) is 3.68. The Balaban J connectivity index is 5.38. The fourth-order valence-electron chi connectivity index (χ4n) is 1.47. The lowest BCUT2D eigenvalue weighted by atomic mass is 9.96. The van der Waals surface area contributed by atoms with Gasteiger partial charge in [-0.15, -0.1) is 0 Å². The molecule has 0 aliphatic rings. The summed E-state index contributed by atoms with van der Waals surface area (Å²) in [6, 6.07) is 0. The van der Waals surface area contributed by atoms with Gasteiger partial charge in [0.1, 0.15) is 0 Å². The van der Waals surface area contributed by atoms with Crippen LogP contribution in [0.15, 0.2) is 0 Å². The molecule has 0 aliphatic carbocycles. The summed E-state index contributed by atoms with van der Waals surface area (Å²) in [5.41, 5.74) is -5.79. The van der Waals surface area contributed by atoms with Crippen LogP contribution >= 0.6 is 0 Å². The molecule has 0 aromatic carbocycles. The van der Waals surface area contributed by atoms with Gasteiger partial charge in [-0.05, 0) is 27.7 Å². The molecule has 17 nitrogen and oxygen atoms in total. The summed E-state index contributed by atoms with van der Waals surface area (Å²) in [7, 11) is 0. The zero-order chi connectivity index (χ0) is 26.9. The van der Waals surface area contributed by atoms with E-state index in [0.717, 1.165) is 27.7 Å². The lowest BCUT2D eigenvalue weighted by molar-refractivity contribution is -0.285. The molecule has 0 spiro atoms. The van der Waals surface area contributed by atoms with Gasteiger partial charge in [-0.3, -0.25) is 0 Å². The highest BCUT2D eigenvalue weighted by Gasteiger charge is 2.47. The Labute approximate surface area is 190 Å². The molecule has 5 unspecified atom stereocenters. The third-order valence-electron chi connectivity index (χ3n) is 3.79. The van der Waals surface area contributed by atoms with Gasteiger partial charge in [0, 0.05) is 0 Å². The Bertz CT molecular complexity index is 783. The van der Waals surface area contributed by atoms with E-state index in [4.69, 9.17) is 10.2 Å². The maximum Gasteiger partial charge on any atom is 0.389 e. The van der Waals surface area contributed by atoms with Gasteiger partial charge < -0.3 is 25.5 Å². The van der Waals surface area contributed by atoms with Gasteiger partial charge in [-0.2, -0.15) is 0 Å². The van der Waals surface area contributed by atoms with Gasteiger partial charge in [-0.1, -0.05) is 0 Å². The van der Waals surface area contributed by atoms with Gasteiger partial charge in [-0.25, -0.2) is 58.1 Å². The highest BCUT2D eigenvalue weighted by atomic mass is 17.2. The Morgan fingerprint density at radius 2 is 1.00 bits per heavy atom. The van der Waals surface area contributed by atoms with Crippen LogP contribution in [0.5, 0.6) is 0 Å². The second-order valence-corrected chi connectivity index (χ2v) is 7.02. The number of aliphatic hydroxyl groups excluding tert-OH is 3. The molecule has 5 N–H and O–H groups in total. The van der Waals surface area contributed by atoms with E-state index in [1.807, 2.05) is 0 Å². The molecule has 0 saturated carbocycles.